The van der Waals surface area contributed by atoms with Gasteiger partial charge in [0.2, 0.25) is 0 Å². The molecule has 1 aliphatic rings. The maximum absolute atomic E-state index is 11.7. The number of amides is 1. The van der Waals surface area contributed by atoms with Gasteiger partial charge in [-0.25, -0.2) is 9.79 Å². The van der Waals surface area contributed by atoms with Crippen LogP contribution in [0.1, 0.15) is 30.1 Å². The van der Waals surface area contributed by atoms with Crippen molar-refractivity contribution in [1.29, 1.82) is 0 Å². The van der Waals surface area contributed by atoms with Crippen LogP contribution in [-0.4, -0.2) is 58.0 Å². The third-order valence-electron chi connectivity index (χ3n) is 5.13. The molecule has 1 aliphatic heterocycles. The summed E-state index contributed by atoms with van der Waals surface area (Å²) in [6.07, 6.45) is 1.41. The molecular weight excluding hydrogens is 370 g/mol. The Morgan fingerprint density at radius 2 is 1.97 bits per heavy atom. The Bertz CT molecular complexity index is 827. The Hall–Kier alpha value is -3.10. The smallest absolute Gasteiger partial charge is 0.409 e. The van der Waals surface area contributed by atoms with E-state index in [1.807, 2.05) is 36.7 Å². The Labute approximate surface area is 171 Å². The van der Waals surface area contributed by atoms with Gasteiger partial charge in [0.05, 0.1) is 20.2 Å². The zero-order chi connectivity index (χ0) is 20.6. The lowest BCUT2D eigenvalue weighted by atomic mass is 10.1. The van der Waals surface area contributed by atoms with Gasteiger partial charge in [-0.1, -0.05) is 30.3 Å². The van der Waals surface area contributed by atoms with Crippen molar-refractivity contribution in [1.82, 2.24) is 30.3 Å². The Morgan fingerprint density at radius 1 is 1.24 bits per heavy atom. The van der Waals surface area contributed by atoms with Gasteiger partial charge in [-0.15, -0.1) is 10.2 Å². The summed E-state index contributed by atoms with van der Waals surface area (Å²) < 4.78 is 6.76. The lowest BCUT2D eigenvalue weighted by Crippen LogP contribution is -2.49. The number of ether oxygens (including phenoxy) is 1. The SMILES string of the molecule is COC(=O)N1CCC(NC(=NCc2ccccc2)NCc2nnc(C)n2C)CC1. The van der Waals surface area contributed by atoms with Crippen LogP contribution in [0, 0.1) is 6.92 Å². The van der Waals surface area contributed by atoms with Crippen LogP contribution in [0.4, 0.5) is 4.79 Å². The number of guanidine groups is 1. The molecule has 2 aromatic rings. The van der Waals surface area contributed by atoms with E-state index in [-0.39, 0.29) is 12.1 Å². The van der Waals surface area contributed by atoms with E-state index in [0.29, 0.717) is 26.2 Å². The summed E-state index contributed by atoms with van der Waals surface area (Å²) in [6, 6.07) is 10.4. The maximum Gasteiger partial charge on any atom is 0.409 e. The van der Waals surface area contributed by atoms with E-state index in [2.05, 4.69) is 33.0 Å². The number of likely N-dealkylation sites (tertiary alicyclic amines) is 1. The summed E-state index contributed by atoms with van der Waals surface area (Å²) in [7, 11) is 3.36. The summed E-state index contributed by atoms with van der Waals surface area (Å²) in [5, 5.41) is 15.2. The third kappa shape index (κ3) is 5.69. The topological polar surface area (TPSA) is 96.7 Å². The standard InChI is InChI=1S/C20H29N7O2/c1-15-24-25-18(26(15)2)14-22-19(21-13-16-7-5-4-6-8-16)23-17-9-11-27(12-10-17)20(28)29-3/h4-8,17H,9-14H2,1-3H3,(H2,21,22,23). The fraction of sp³-hybridized carbons (Fsp3) is 0.500. The molecule has 9 heteroatoms. The monoisotopic (exact) mass is 399 g/mol. The van der Waals surface area contributed by atoms with Gasteiger partial charge in [0.1, 0.15) is 5.82 Å². The van der Waals surface area contributed by atoms with Crippen molar-refractivity contribution in [2.24, 2.45) is 12.0 Å². The number of carbonyl (C=O) groups is 1. The number of piperidine rings is 1. The molecule has 0 radical (unpaired) electrons. The summed E-state index contributed by atoms with van der Waals surface area (Å²) in [5.74, 6) is 2.44. The highest BCUT2D eigenvalue weighted by atomic mass is 16.5. The van der Waals surface area contributed by atoms with Crippen LogP contribution in [0.5, 0.6) is 0 Å². The van der Waals surface area contributed by atoms with Gasteiger partial charge in [-0.05, 0) is 25.3 Å². The minimum absolute atomic E-state index is 0.235. The van der Waals surface area contributed by atoms with Gasteiger partial charge in [0.25, 0.3) is 0 Å². The zero-order valence-corrected chi connectivity index (χ0v) is 17.3. The van der Waals surface area contributed by atoms with Crippen LogP contribution in [-0.2, 0) is 24.9 Å². The number of carbonyl (C=O) groups excluding carboxylic acids is 1. The summed E-state index contributed by atoms with van der Waals surface area (Å²) in [4.78, 5) is 18.2. The van der Waals surface area contributed by atoms with Crippen molar-refractivity contribution < 1.29 is 9.53 Å². The fourth-order valence-corrected chi connectivity index (χ4v) is 3.20. The van der Waals surface area contributed by atoms with Crippen molar-refractivity contribution in [2.75, 3.05) is 20.2 Å². The second-order valence-electron chi connectivity index (χ2n) is 7.10. The number of hydrogen-bond acceptors (Lipinski definition) is 5. The van der Waals surface area contributed by atoms with Crippen LogP contribution >= 0.6 is 0 Å². The van der Waals surface area contributed by atoms with Gasteiger partial charge in [-0.2, -0.15) is 0 Å². The highest BCUT2D eigenvalue weighted by molar-refractivity contribution is 5.80. The van der Waals surface area contributed by atoms with E-state index in [1.54, 1.807) is 4.90 Å². The number of benzene rings is 1. The fourth-order valence-electron chi connectivity index (χ4n) is 3.20. The highest BCUT2D eigenvalue weighted by Gasteiger charge is 2.23. The molecule has 1 aromatic heterocycles. The molecule has 1 aromatic carbocycles. The lowest BCUT2D eigenvalue weighted by molar-refractivity contribution is 0.111. The van der Waals surface area contributed by atoms with Crippen LogP contribution in [0.25, 0.3) is 0 Å². The molecule has 0 saturated carbocycles. The molecule has 0 spiro atoms. The van der Waals surface area contributed by atoms with Crippen molar-refractivity contribution in [3.63, 3.8) is 0 Å². The number of aliphatic imine (C=N–C) groups is 1. The van der Waals surface area contributed by atoms with Gasteiger partial charge in [0, 0.05) is 26.2 Å². The van der Waals surface area contributed by atoms with Crippen molar-refractivity contribution in [2.45, 2.75) is 38.9 Å². The van der Waals surface area contributed by atoms with Gasteiger partial charge in [-0.3, -0.25) is 0 Å². The molecule has 2 heterocycles. The Balaban J connectivity index is 1.62. The van der Waals surface area contributed by atoms with Gasteiger partial charge >= 0.3 is 6.09 Å². The predicted molar refractivity (Wildman–Crippen MR) is 110 cm³/mol. The number of methoxy groups -OCH3 is 1. The number of nitrogens with zero attached hydrogens (tertiary/aromatic N) is 5. The largest absolute Gasteiger partial charge is 0.453 e. The second kappa shape index (κ2) is 9.90. The van der Waals surface area contributed by atoms with Crippen molar-refractivity contribution in [3.8, 4) is 0 Å². The molecule has 1 saturated heterocycles. The van der Waals surface area contributed by atoms with Crippen LogP contribution in [0.15, 0.2) is 35.3 Å². The van der Waals surface area contributed by atoms with E-state index >= 15 is 0 Å². The lowest BCUT2D eigenvalue weighted by Gasteiger charge is -2.32. The zero-order valence-electron chi connectivity index (χ0n) is 17.3. The molecule has 3 rings (SSSR count). The predicted octanol–water partition coefficient (Wildman–Crippen LogP) is 1.59. The van der Waals surface area contributed by atoms with Gasteiger partial charge < -0.3 is 24.8 Å². The van der Waals surface area contributed by atoms with E-state index in [1.165, 1.54) is 7.11 Å². The van der Waals surface area contributed by atoms with Gasteiger partial charge in [0.15, 0.2) is 11.8 Å². The molecule has 9 nitrogen and oxygen atoms in total. The molecule has 0 atom stereocenters. The Morgan fingerprint density at radius 3 is 2.59 bits per heavy atom. The molecule has 2 N–H and O–H groups in total. The number of aryl methyl sites for hydroxylation is 1. The minimum Gasteiger partial charge on any atom is -0.453 e. The second-order valence-corrected chi connectivity index (χ2v) is 7.10. The third-order valence-corrected chi connectivity index (χ3v) is 5.13. The average molecular weight is 399 g/mol. The molecular formula is C20H29N7O2. The first-order valence-electron chi connectivity index (χ1n) is 9.83. The molecule has 0 aliphatic carbocycles. The summed E-state index contributed by atoms with van der Waals surface area (Å²) >= 11 is 0. The number of nitrogens with one attached hydrogen (secondary N) is 2. The maximum atomic E-state index is 11.7. The quantitative estimate of drug-likeness (QED) is 0.585. The number of aromatic nitrogens is 3. The Kier molecular flexibility index (Phi) is 7.04. The summed E-state index contributed by atoms with van der Waals surface area (Å²) in [5.41, 5.74) is 1.14. The van der Waals surface area contributed by atoms with Crippen LogP contribution in [0.2, 0.25) is 0 Å². The molecule has 1 fully saturated rings. The molecule has 156 valence electrons. The first kappa shape index (κ1) is 20.6. The first-order chi connectivity index (χ1) is 14.1. The van der Waals surface area contributed by atoms with Crippen molar-refractivity contribution >= 4 is 12.1 Å². The average Bonchev–Trinajstić information content (AvgIpc) is 3.08. The normalized spacial score (nSPS) is 15.3. The van der Waals surface area contributed by atoms with Crippen LogP contribution in [0.3, 0.4) is 0 Å². The van der Waals surface area contributed by atoms with Crippen molar-refractivity contribution in [3.05, 3.63) is 47.5 Å². The van der Waals surface area contributed by atoms with E-state index < -0.39 is 0 Å². The molecule has 29 heavy (non-hydrogen) atoms. The van der Waals surface area contributed by atoms with E-state index in [9.17, 15) is 4.79 Å². The highest BCUT2D eigenvalue weighted by Crippen LogP contribution is 2.11. The molecule has 0 bridgehead atoms. The number of hydrogen-bond donors (Lipinski definition) is 2. The number of rotatable bonds is 5. The van der Waals surface area contributed by atoms with E-state index in [0.717, 1.165) is 36.0 Å². The van der Waals surface area contributed by atoms with E-state index in [4.69, 9.17) is 9.73 Å². The van der Waals surface area contributed by atoms with Crippen LogP contribution < -0.4 is 10.6 Å². The first-order valence-corrected chi connectivity index (χ1v) is 9.83. The minimum atomic E-state index is -0.266. The molecule has 0 unspecified atom stereocenters. The molecule has 1 amide bonds. The summed E-state index contributed by atoms with van der Waals surface area (Å²) in [6.45, 7) is 4.36.